The molecule has 1 unspecified atom stereocenters. The van der Waals surface area contributed by atoms with Gasteiger partial charge in [0.2, 0.25) is 11.8 Å². The van der Waals surface area contributed by atoms with Gasteiger partial charge in [-0.05, 0) is 87.6 Å². The maximum atomic E-state index is 13.6. The van der Waals surface area contributed by atoms with Crippen molar-refractivity contribution in [2.75, 3.05) is 26.2 Å². The van der Waals surface area contributed by atoms with Crippen LogP contribution in [0.5, 0.6) is 0 Å². The number of carbonyl (C=O) groups is 3. The smallest absolute Gasteiger partial charge is 0.223 e. The molecule has 0 bridgehead atoms. The molecule has 2 fully saturated rings. The molecule has 0 spiro atoms. The molecular formula is C31H45N5O3S. The van der Waals surface area contributed by atoms with Gasteiger partial charge in [-0.15, -0.1) is 0 Å². The molecule has 8 nitrogen and oxygen atoms in total. The third kappa shape index (κ3) is 7.97. The number of thiophene rings is 1. The quantitative estimate of drug-likeness (QED) is 0.354. The number of amides is 2. The van der Waals surface area contributed by atoms with Gasteiger partial charge in [0, 0.05) is 64.6 Å². The lowest BCUT2D eigenvalue weighted by atomic mass is 9.92. The average molecular weight is 568 g/mol. The maximum absolute atomic E-state index is 13.6. The third-order valence-corrected chi connectivity index (χ3v) is 9.60. The molecular weight excluding hydrogens is 522 g/mol. The number of aromatic nitrogens is 2. The molecule has 4 heterocycles. The second kappa shape index (κ2) is 14.3. The molecule has 40 heavy (non-hydrogen) atoms. The number of carbonyl (C=O) groups excluding carboxylic acids is 3. The molecule has 0 N–H and O–H groups in total. The van der Waals surface area contributed by atoms with Crippen molar-refractivity contribution in [2.24, 2.45) is 5.92 Å². The first kappa shape index (κ1) is 30.3. The molecule has 2 saturated heterocycles. The standard InChI is InChI=1S/C31H45N5O3S/c1-22(6-5-7-29(38)31-23(2)32-21-33-24(31)3)34-15-10-28(11-16-34)36(19-27-12-17-40-20-27)30(39)18-26-8-13-35(14-9-26)25(4)37/h12,17,20-22,26,28H,5-11,13-16,18-19H2,1-4H3. The van der Waals surface area contributed by atoms with Gasteiger partial charge in [-0.2, -0.15) is 11.3 Å². The van der Waals surface area contributed by atoms with E-state index in [1.54, 1.807) is 18.3 Å². The number of hydrogen-bond acceptors (Lipinski definition) is 7. The van der Waals surface area contributed by atoms with Crippen molar-refractivity contribution in [3.8, 4) is 0 Å². The topological polar surface area (TPSA) is 86.7 Å². The average Bonchev–Trinajstić information content (AvgIpc) is 3.45. The first-order valence-electron chi connectivity index (χ1n) is 14.8. The van der Waals surface area contributed by atoms with Crippen LogP contribution in [0.15, 0.2) is 23.2 Å². The fourth-order valence-corrected chi connectivity index (χ4v) is 6.98. The van der Waals surface area contributed by atoms with E-state index in [-0.39, 0.29) is 23.6 Å². The predicted molar refractivity (Wildman–Crippen MR) is 158 cm³/mol. The van der Waals surface area contributed by atoms with Crippen molar-refractivity contribution in [2.45, 2.75) is 97.7 Å². The van der Waals surface area contributed by atoms with E-state index < -0.39 is 0 Å². The van der Waals surface area contributed by atoms with Crippen molar-refractivity contribution in [3.05, 3.63) is 45.7 Å². The first-order valence-corrected chi connectivity index (χ1v) is 15.8. The number of likely N-dealkylation sites (tertiary alicyclic amines) is 2. The summed E-state index contributed by atoms with van der Waals surface area (Å²) in [5.41, 5.74) is 3.40. The molecule has 2 aromatic rings. The van der Waals surface area contributed by atoms with Crippen molar-refractivity contribution >= 4 is 28.9 Å². The van der Waals surface area contributed by atoms with E-state index >= 15 is 0 Å². The minimum absolute atomic E-state index is 0.132. The maximum Gasteiger partial charge on any atom is 0.223 e. The second-order valence-corrected chi connectivity index (χ2v) is 12.4. The van der Waals surface area contributed by atoms with Crippen LogP contribution in [0.25, 0.3) is 0 Å². The fraction of sp³-hybridized carbons (Fsp3) is 0.645. The highest BCUT2D eigenvalue weighted by molar-refractivity contribution is 7.07. The number of rotatable bonds is 11. The van der Waals surface area contributed by atoms with Crippen LogP contribution < -0.4 is 0 Å². The second-order valence-electron chi connectivity index (χ2n) is 11.7. The highest BCUT2D eigenvalue weighted by atomic mass is 32.1. The first-order chi connectivity index (χ1) is 19.2. The van der Waals surface area contributed by atoms with Gasteiger partial charge >= 0.3 is 0 Å². The SMILES string of the molecule is CC(=O)N1CCC(CC(=O)N(Cc2ccsc2)C2CCN(C(C)CCCC(=O)c3c(C)ncnc3C)CC2)CC1. The third-order valence-electron chi connectivity index (χ3n) is 8.87. The van der Waals surface area contributed by atoms with Crippen LogP contribution in [0.3, 0.4) is 0 Å². The van der Waals surface area contributed by atoms with E-state index in [1.165, 1.54) is 11.9 Å². The molecule has 218 valence electrons. The number of ketones is 1. The highest BCUT2D eigenvalue weighted by Crippen LogP contribution is 2.27. The molecule has 9 heteroatoms. The zero-order chi connectivity index (χ0) is 28.6. The minimum Gasteiger partial charge on any atom is -0.343 e. The summed E-state index contributed by atoms with van der Waals surface area (Å²) in [6, 6.07) is 2.77. The summed E-state index contributed by atoms with van der Waals surface area (Å²) in [6.45, 7) is 11.8. The molecule has 0 radical (unpaired) electrons. The van der Waals surface area contributed by atoms with E-state index in [0.29, 0.717) is 36.9 Å². The number of aryl methyl sites for hydroxylation is 2. The van der Waals surface area contributed by atoms with Crippen LogP contribution in [-0.4, -0.2) is 80.5 Å². The van der Waals surface area contributed by atoms with E-state index in [0.717, 1.165) is 76.1 Å². The molecule has 1 atom stereocenters. The molecule has 2 aliphatic heterocycles. The zero-order valence-electron chi connectivity index (χ0n) is 24.6. The highest BCUT2D eigenvalue weighted by Gasteiger charge is 2.32. The van der Waals surface area contributed by atoms with Crippen LogP contribution in [0.2, 0.25) is 0 Å². The van der Waals surface area contributed by atoms with Crippen molar-refractivity contribution in [3.63, 3.8) is 0 Å². The van der Waals surface area contributed by atoms with E-state index in [2.05, 4.69) is 43.5 Å². The Bertz CT molecular complexity index is 1120. The van der Waals surface area contributed by atoms with E-state index in [4.69, 9.17) is 0 Å². The van der Waals surface area contributed by atoms with Gasteiger partial charge in [-0.25, -0.2) is 9.97 Å². The Morgan fingerprint density at radius 1 is 1.05 bits per heavy atom. The van der Waals surface area contributed by atoms with Crippen molar-refractivity contribution in [1.29, 1.82) is 0 Å². The Labute approximate surface area is 243 Å². The Kier molecular flexibility index (Phi) is 10.8. The summed E-state index contributed by atoms with van der Waals surface area (Å²) in [5, 5.41) is 4.23. The molecule has 4 rings (SSSR count). The lowest BCUT2D eigenvalue weighted by molar-refractivity contribution is -0.137. The fourth-order valence-electron chi connectivity index (χ4n) is 6.32. The Balaban J connectivity index is 1.27. The summed E-state index contributed by atoms with van der Waals surface area (Å²) < 4.78 is 0. The number of hydrogen-bond donors (Lipinski definition) is 0. The summed E-state index contributed by atoms with van der Waals surface area (Å²) in [6.07, 6.45) is 8.19. The van der Waals surface area contributed by atoms with Gasteiger partial charge in [0.1, 0.15) is 6.33 Å². The Hall–Kier alpha value is -2.65. The van der Waals surface area contributed by atoms with Crippen molar-refractivity contribution in [1.82, 2.24) is 24.7 Å². The van der Waals surface area contributed by atoms with Crippen LogP contribution in [0.4, 0.5) is 0 Å². The number of piperidine rings is 2. The molecule has 2 aromatic heterocycles. The summed E-state index contributed by atoms with van der Waals surface area (Å²) in [5.74, 6) is 0.877. The molecule has 0 aromatic carbocycles. The lowest BCUT2D eigenvalue weighted by Gasteiger charge is -2.41. The Morgan fingerprint density at radius 3 is 2.33 bits per heavy atom. The van der Waals surface area contributed by atoms with Crippen molar-refractivity contribution < 1.29 is 14.4 Å². The predicted octanol–water partition coefficient (Wildman–Crippen LogP) is 5.04. The van der Waals surface area contributed by atoms with Gasteiger partial charge in [0.25, 0.3) is 0 Å². The molecule has 2 aliphatic rings. The lowest BCUT2D eigenvalue weighted by Crippen LogP contribution is -2.49. The van der Waals surface area contributed by atoms with Crippen LogP contribution in [0.1, 0.15) is 92.5 Å². The molecule has 0 aliphatic carbocycles. The number of nitrogens with zero attached hydrogens (tertiary/aromatic N) is 5. The summed E-state index contributed by atoms with van der Waals surface area (Å²) in [4.78, 5) is 53.1. The normalized spacial score (nSPS) is 18.1. The van der Waals surface area contributed by atoms with Gasteiger partial charge in [-0.1, -0.05) is 0 Å². The largest absolute Gasteiger partial charge is 0.343 e. The van der Waals surface area contributed by atoms with Crippen LogP contribution in [0, 0.1) is 19.8 Å². The van der Waals surface area contributed by atoms with Gasteiger partial charge in [0.15, 0.2) is 5.78 Å². The summed E-state index contributed by atoms with van der Waals surface area (Å²) in [7, 11) is 0. The van der Waals surface area contributed by atoms with E-state index in [1.807, 2.05) is 18.7 Å². The molecule has 0 saturated carbocycles. The zero-order valence-corrected chi connectivity index (χ0v) is 25.4. The van der Waals surface area contributed by atoms with Gasteiger partial charge in [-0.3, -0.25) is 14.4 Å². The van der Waals surface area contributed by atoms with E-state index in [9.17, 15) is 14.4 Å². The molecule has 2 amide bonds. The minimum atomic E-state index is 0.132. The van der Waals surface area contributed by atoms with Gasteiger partial charge in [0.05, 0.1) is 17.0 Å². The summed E-state index contributed by atoms with van der Waals surface area (Å²) >= 11 is 1.68. The number of Topliss-reactive ketones (excluding diaryl/α,β-unsaturated/α-hetero) is 1. The van der Waals surface area contributed by atoms with Gasteiger partial charge < -0.3 is 14.7 Å². The van der Waals surface area contributed by atoms with Crippen LogP contribution >= 0.6 is 11.3 Å². The monoisotopic (exact) mass is 567 g/mol. The van der Waals surface area contributed by atoms with Crippen LogP contribution in [-0.2, 0) is 16.1 Å². The Morgan fingerprint density at radius 2 is 1.73 bits per heavy atom.